The van der Waals surface area contributed by atoms with Crippen LogP contribution in [-0.4, -0.2) is 188 Å². The number of aromatic carboxylic acids is 1. The van der Waals surface area contributed by atoms with E-state index in [9.17, 15) is 40.6 Å². The van der Waals surface area contributed by atoms with Crippen molar-refractivity contribution in [1.29, 1.82) is 5.41 Å². The molecule has 7 N–H and O–H groups in total. The maximum atomic E-state index is 13.1. The summed E-state index contributed by atoms with van der Waals surface area (Å²) in [6.45, 7) is 7.81. The number of nitrogens with zero attached hydrogens (tertiary/aromatic N) is 3. The highest BCUT2D eigenvalue weighted by atomic mass is 32.2. The molecule has 0 unspecified atom stereocenters. The molecule has 0 spiro atoms. The van der Waals surface area contributed by atoms with Crippen LogP contribution in [0.3, 0.4) is 0 Å². The Kier molecular flexibility index (Phi) is 25.5. The SMILES string of the molecule is [N-]=[N+]=NCCOCCOCCOCCOCCOCCOCCOCCOCCOCCOCCNC(=O)c1ccc(-c2c3ccc(=N)c(S(=O)(=O)O)c-3oc3c(S(=O)(=O)O)c(N)ccc23)c(C(=O)O)c1. The summed E-state index contributed by atoms with van der Waals surface area (Å²) >= 11 is 0. The molecule has 0 bridgehead atoms. The number of amides is 1. The number of anilines is 1. The van der Waals surface area contributed by atoms with Gasteiger partial charge in [-0.2, -0.15) is 16.8 Å². The number of carboxylic acid groups (broad SMARTS) is 1. The summed E-state index contributed by atoms with van der Waals surface area (Å²) in [5, 5.41) is 23.5. The molecule has 0 fully saturated rings. The van der Waals surface area contributed by atoms with Crippen LogP contribution in [0.5, 0.6) is 0 Å². The number of carbonyl (C=O) groups is 2. The Balaban J connectivity index is 1.05. The zero-order chi connectivity index (χ0) is 51.5. The molecule has 2 aromatic rings. The monoisotopic (exact) mass is 1040 g/mol. The predicted octanol–water partition coefficient (Wildman–Crippen LogP) is 2.66. The molecular formula is C43H58N6O20S2. The van der Waals surface area contributed by atoms with Crippen molar-refractivity contribution < 1.29 is 92.4 Å². The highest BCUT2D eigenvalue weighted by Gasteiger charge is 2.32. The molecule has 1 aliphatic carbocycles. The maximum Gasteiger partial charge on any atom is 0.336 e. The molecule has 0 atom stereocenters. The van der Waals surface area contributed by atoms with E-state index in [0.29, 0.717) is 119 Å². The second-order valence-electron chi connectivity index (χ2n) is 14.5. The molecule has 0 aromatic heterocycles. The third-order valence-corrected chi connectivity index (χ3v) is 11.4. The van der Waals surface area contributed by atoms with Crippen LogP contribution in [-0.2, 0) is 67.6 Å². The van der Waals surface area contributed by atoms with Gasteiger partial charge < -0.3 is 67.9 Å². The van der Waals surface area contributed by atoms with E-state index in [-0.39, 0.29) is 54.0 Å². The topological polar surface area (TPSA) is 379 Å². The number of fused-ring (bicyclic) bond motifs is 2. The number of azide groups is 1. The fourth-order valence-corrected chi connectivity index (χ4v) is 7.93. The van der Waals surface area contributed by atoms with Crippen LogP contribution in [0.4, 0.5) is 5.69 Å². The van der Waals surface area contributed by atoms with Gasteiger partial charge in [0.15, 0.2) is 21.1 Å². The minimum Gasteiger partial charge on any atom is -0.478 e. The average Bonchev–Trinajstić information content (AvgIpc) is 3.32. The summed E-state index contributed by atoms with van der Waals surface area (Å²) in [5.74, 6) is -2.92. The fourth-order valence-electron chi connectivity index (χ4n) is 6.45. The van der Waals surface area contributed by atoms with Crippen LogP contribution < -0.4 is 16.4 Å². The number of carbonyl (C=O) groups excluding carboxylic acids is 1. The number of hydrogen-bond donors (Lipinski definition) is 6. The van der Waals surface area contributed by atoms with Crippen molar-refractivity contribution >= 4 is 48.8 Å². The molecule has 1 amide bonds. The van der Waals surface area contributed by atoms with Crippen LogP contribution in [0, 0.1) is 5.41 Å². The number of benzene rings is 3. The molecule has 0 radical (unpaired) electrons. The third-order valence-electron chi connectivity index (χ3n) is 9.57. The van der Waals surface area contributed by atoms with Gasteiger partial charge in [-0.15, -0.1) is 0 Å². The van der Waals surface area contributed by atoms with Crippen molar-refractivity contribution in [3.05, 3.63) is 69.4 Å². The molecule has 1 aliphatic heterocycles. The van der Waals surface area contributed by atoms with Gasteiger partial charge in [-0.25, -0.2) is 4.79 Å². The first-order valence-electron chi connectivity index (χ1n) is 21.9. The molecule has 0 saturated carbocycles. The number of nitrogens with two attached hydrogens (primary N) is 1. The van der Waals surface area contributed by atoms with E-state index in [1.807, 2.05) is 0 Å². The van der Waals surface area contributed by atoms with Crippen molar-refractivity contribution in [2.24, 2.45) is 5.11 Å². The number of ether oxygens (including phenoxy) is 10. The lowest BCUT2D eigenvalue weighted by atomic mass is 9.89. The first-order chi connectivity index (χ1) is 34.2. The number of carboxylic acids is 1. The van der Waals surface area contributed by atoms with Crippen LogP contribution in [0.25, 0.3) is 43.9 Å². The molecule has 1 heterocycles. The van der Waals surface area contributed by atoms with Crippen LogP contribution >= 0.6 is 0 Å². The van der Waals surface area contributed by atoms with Gasteiger partial charge in [0.25, 0.3) is 26.1 Å². The van der Waals surface area contributed by atoms with Crippen molar-refractivity contribution in [3.63, 3.8) is 0 Å². The first kappa shape index (κ1) is 58.2. The van der Waals surface area contributed by atoms with Gasteiger partial charge >= 0.3 is 5.97 Å². The van der Waals surface area contributed by atoms with Crippen molar-refractivity contribution in [2.75, 3.05) is 151 Å². The molecule has 4 rings (SSSR count). The number of nitrogens with one attached hydrogen (secondary N) is 2. The molecule has 2 aliphatic rings. The smallest absolute Gasteiger partial charge is 0.336 e. The van der Waals surface area contributed by atoms with Crippen molar-refractivity contribution in [2.45, 2.75) is 9.79 Å². The van der Waals surface area contributed by atoms with E-state index in [2.05, 4.69) is 15.3 Å². The Labute approximate surface area is 408 Å². The number of nitrogen functional groups attached to an aromatic ring is 1. The Morgan fingerprint density at radius 2 is 1.07 bits per heavy atom. The van der Waals surface area contributed by atoms with Gasteiger partial charge in [0.2, 0.25) is 0 Å². The fraction of sp³-hybridized carbons (Fsp3) is 0.512. The van der Waals surface area contributed by atoms with E-state index in [1.54, 1.807) is 0 Å². The average molecular weight is 1040 g/mol. The number of rotatable bonds is 38. The second-order valence-corrected chi connectivity index (χ2v) is 17.2. The molecule has 71 heavy (non-hydrogen) atoms. The van der Waals surface area contributed by atoms with Gasteiger partial charge in [0.1, 0.15) is 0 Å². The largest absolute Gasteiger partial charge is 0.478 e. The van der Waals surface area contributed by atoms with Gasteiger partial charge in [-0.3, -0.25) is 19.3 Å². The van der Waals surface area contributed by atoms with E-state index in [0.717, 1.165) is 18.2 Å². The normalized spacial score (nSPS) is 11.9. The number of hydrogen-bond acceptors (Lipinski definition) is 20. The molecule has 0 saturated heterocycles. The summed E-state index contributed by atoms with van der Waals surface area (Å²) < 4.78 is 130. The Morgan fingerprint density at radius 1 is 0.634 bits per heavy atom. The zero-order valence-corrected chi connectivity index (χ0v) is 40.2. The lowest BCUT2D eigenvalue weighted by Crippen LogP contribution is -2.28. The molecule has 392 valence electrons. The quantitative estimate of drug-likeness (QED) is 0.00714. The van der Waals surface area contributed by atoms with Gasteiger partial charge in [-0.05, 0) is 47.5 Å². The summed E-state index contributed by atoms with van der Waals surface area (Å²) in [5.41, 5.74) is 11.8. The van der Waals surface area contributed by atoms with E-state index >= 15 is 0 Å². The molecule has 28 heteroatoms. The van der Waals surface area contributed by atoms with E-state index in [4.69, 9.17) is 68.5 Å². The molecular weight excluding hydrogens is 985 g/mol. The van der Waals surface area contributed by atoms with Crippen LogP contribution in [0.15, 0.2) is 61.8 Å². The van der Waals surface area contributed by atoms with E-state index in [1.165, 1.54) is 24.3 Å². The molecule has 2 aromatic carbocycles. The standard InChI is InChI=1S/C43H58N6O20S2/c44-35-5-3-32-37(33-4-6-36(45)41(71(56,57)58)39(33)69-38(32)40(35)70(53,54)55)31-2-1-30(29-34(31)43(51)52)42(50)47-7-9-59-11-13-61-15-17-63-19-21-65-23-25-67-27-28-68-26-24-66-22-20-64-18-16-62-14-12-60-10-8-48-49-46/h1-6,29,44H,7-28,45H2,(H,47,50)(H,51,52)(H,53,54,55)(H,56,57,58). The summed E-state index contributed by atoms with van der Waals surface area (Å²) in [4.78, 5) is 26.4. The van der Waals surface area contributed by atoms with Crippen molar-refractivity contribution in [1.82, 2.24) is 5.32 Å². The summed E-state index contributed by atoms with van der Waals surface area (Å²) in [7, 11) is -10.4. The Bertz CT molecular complexity index is 2630. The minimum atomic E-state index is -5.20. The van der Waals surface area contributed by atoms with Gasteiger partial charge in [0.05, 0.1) is 149 Å². The van der Waals surface area contributed by atoms with Gasteiger partial charge in [0, 0.05) is 40.1 Å². The minimum absolute atomic E-state index is 0.0443. The Morgan fingerprint density at radius 3 is 1.51 bits per heavy atom. The maximum absolute atomic E-state index is 13.1. The van der Waals surface area contributed by atoms with Gasteiger partial charge in [-0.1, -0.05) is 11.2 Å². The second kappa shape index (κ2) is 31.1. The van der Waals surface area contributed by atoms with Crippen molar-refractivity contribution in [3.8, 4) is 22.5 Å². The predicted molar refractivity (Wildman–Crippen MR) is 250 cm³/mol. The highest BCUT2D eigenvalue weighted by Crippen LogP contribution is 2.45. The summed E-state index contributed by atoms with van der Waals surface area (Å²) in [6.07, 6.45) is 0. The summed E-state index contributed by atoms with van der Waals surface area (Å²) in [6, 6.07) is 8.12. The lowest BCUT2D eigenvalue weighted by molar-refractivity contribution is -0.0262. The van der Waals surface area contributed by atoms with Crippen LogP contribution in [0.2, 0.25) is 0 Å². The molecule has 26 nitrogen and oxygen atoms in total. The highest BCUT2D eigenvalue weighted by molar-refractivity contribution is 7.86. The Hall–Kier alpha value is -5.40. The first-order valence-corrected chi connectivity index (χ1v) is 24.8. The van der Waals surface area contributed by atoms with E-state index < -0.39 is 69.9 Å². The lowest BCUT2D eigenvalue weighted by Gasteiger charge is -2.20. The van der Waals surface area contributed by atoms with Crippen LogP contribution in [0.1, 0.15) is 20.7 Å². The zero-order valence-electron chi connectivity index (χ0n) is 38.6. The third kappa shape index (κ3) is 19.6.